The van der Waals surface area contributed by atoms with Crippen molar-refractivity contribution in [3.8, 4) is 5.75 Å². The van der Waals surface area contributed by atoms with E-state index in [0.29, 0.717) is 5.92 Å². The average molecular weight is 245 g/mol. The number of aromatic amines is 1. The molecule has 0 fully saturated rings. The lowest BCUT2D eigenvalue weighted by Crippen LogP contribution is -1.96. The summed E-state index contributed by atoms with van der Waals surface area (Å²) in [5.41, 5.74) is 3.96. The summed E-state index contributed by atoms with van der Waals surface area (Å²) >= 11 is 0. The van der Waals surface area contributed by atoms with Crippen molar-refractivity contribution in [3.05, 3.63) is 29.5 Å². The maximum Gasteiger partial charge on any atom is 0.128 e. The van der Waals surface area contributed by atoms with Gasteiger partial charge in [-0.25, -0.2) is 0 Å². The van der Waals surface area contributed by atoms with Crippen molar-refractivity contribution in [1.29, 1.82) is 0 Å². The second-order valence-corrected chi connectivity index (χ2v) is 5.00. The number of ether oxygens (including phenoxy) is 1. The van der Waals surface area contributed by atoms with Gasteiger partial charge in [-0.1, -0.05) is 6.07 Å². The van der Waals surface area contributed by atoms with Crippen molar-refractivity contribution < 1.29 is 9.84 Å². The highest BCUT2D eigenvalue weighted by atomic mass is 16.5. The molecule has 3 nitrogen and oxygen atoms in total. The molecule has 0 amide bonds. The van der Waals surface area contributed by atoms with E-state index in [0.717, 1.165) is 25.0 Å². The van der Waals surface area contributed by atoms with Gasteiger partial charge in [-0.05, 0) is 49.3 Å². The number of fused-ring (bicyclic) bond motifs is 3. The quantitative estimate of drug-likeness (QED) is 0.869. The molecule has 0 aliphatic heterocycles. The molecule has 0 saturated carbocycles. The highest BCUT2D eigenvalue weighted by Gasteiger charge is 2.27. The van der Waals surface area contributed by atoms with Crippen LogP contribution >= 0.6 is 0 Å². The van der Waals surface area contributed by atoms with Gasteiger partial charge in [0.2, 0.25) is 0 Å². The third-order valence-corrected chi connectivity index (χ3v) is 3.99. The molecule has 1 aliphatic carbocycles. The predicted molar refractivity (Wildman–Crippen MR) is 72.2 cm³/mol. The molecule has 1 unspecified atom stereocenters. The number of aliphatic hydroxyl groups excluding tert-OH is 1. The molecule has 1 atom stereocenters. The molecule has 96 valence electrons. The van der Waals surface area contributed by atoms with Crippen LogP contribution < -0.4 is 4.74 Å². The second-order valence-electron chi connectivity index (χ2n) is 5.00. The summed E-state index contributed by atoms with van der Waals surface area (Å²) in [6.07, 6.45) is 4.25. The van der Waals surface area contributed by atoms with Crippen LogP contribution in [0.3, 0.4) is 0 Å². The number of benzene rings is 1. The number of methoxy groups -OCH3 is 1. The molecular weight excluding hydrogens is 226 g/mol. The third kappa shape index (κ3) is 1.70. The molecule has 18 heavy (non-hydrogen) atoms. The van der Waals surface area contributed by atoms with E-state index in [1.54, 1.807) is 7.11 Å². The number of aliphatic hydroxyl groups is 1. The Balaban J connectivity index is 2.09. The minimum absolute atomic E-state index is 0.283. The molecule has 3 heteroatoms. The Hall–Kier alpha value is -1.48. The van der Waals surface area contributed by atoms with Gasteiger partial charge in [0, 0.05) is 23.2 Å². The second kappa shape index (κ2) is 4.65. The molecule has 1 heterocycles. The van der Waals surface area contributed by atoms with Crippen LogP contribution in [0.15, 0.2) is 18.2 Å². The van der Waals surface area contributed by atoms with Crippen molar-refractivity contribution >= 4 is 10.9 Å². The summed E-state index contributed by atoms with van der Waals surface area (Å²) in [6.45, 7) is 0.283. The van der Waals surface area contributed by atoms with Crippen LogP contribution in [-0.2, 0) is 6.42 Å². The molecule has 3 rings (SSSR count). The first kappa shape index (κ1) is 11.6. The smallest absolute Gasteiger partial charge is 0.128 e. The largest absolute Gasteiger partial charge is 0.496 e. The Labute approximate surface area is 107 Å². The minimum atomic E-state index is 0.283. The predicted octanol–water partition coefficient (Wildman–Crippen LogP) is 2.98. The van der Waals surface area contributed by atoms with Crippen LogP contribution in [0.5, 0.6) is 5.75 Å². The van der Waals surface area contributed by atoms with Crippen molar-refractivity contribution in [2.24, 2.45) is 0 Å². The molecular formula is C15H19NO2. The van der Waals surface area contributed by atoms with Crippen molar-refractivity contribution in [2.45, 2.75) is 31.6 Å². The van der Waals surface area contributed by atoms with Gasteiger partial charge in [-0.15, -0.1) is 0 Å². The third-order valence-electron chi connectivity index (χ3n) is 3.99. The molecule has 0 spiro atoms. The number of aromatic nitrogens is 1. The average Bonchev–Trinajstić information content (AvgIpc) is 2.94. The zero-order valence-corrected chi connectivity index (χ0v) is 10.7. The van der Waals surface area contributed by atoms with Gasteiger partial charge in [0.05, 0.1) is 7.11 Å². The molecule has 0 bridgehead atoms. The van der Waals surface area contributed by atoms with Gasteiger partial charge in [0.1, 0.15) is 5.75 Å². The van der Waals surface area contributed by atoms with Gasteiger partial charge >= 0.3 is 0 Å². The molecule has 2 aromatic rings. The number of H-pyrrole nitrogens is 1. The van der Waals surface area contributed by atoms with Gasteiger partial charge in [0.15, 0.2) is 0 Å². The number of hydrogen-bond acceptors (Lipinski definition) is 2. The fourth-order valence-corrected chi connectivity index (χ4v) is 3.20. The Kier molecular flexibility index (Phi) is 3.00. The van der Waals surface area contributed by atoms with Crippen LogP contribution in [0.4, 0.5) is 0 Å². The summed E-state index contributed by atoms with van der Waals surface area (Å²) in [4.78, 5) is 3.51. The highest BCUT2D eigenvalue weighted by Crippen LogP contribution is 2.43. The summed E-state index contributed by atoms with van der Waals surface area (Å²) in [7, 11) is 1.73. The Morgan fingerprint density at radius 1 is 1.44 bits per heavy atom. The van der Waals surface area contributed by atoms with Crippen LogP contribution in [0.2, 0.25) is 0 Å². The van der Waals surface area contributed by atoms with Gasteiger partial charge in [0.25, 0.3) is 0 Å². The summed E-state index contributed by atoms with van der Waals surface area (Å²) in [6, 6.07) is 6.16. The molecule has 0 saturated heterocycles. The first-order chi connectivity index (χ1) is 8.85. The van der Waals surface area contributed by atoms with Gasteiger partial charge in [-0.3, -0.25) is 0 Å². The summed E-state index contributed by atoms with van der Waals surface area (Å²) < 4.78 is 5.49. The Morgan fingerprint density at radius 3 is 3.11 bits per heavy atom. The van der Waals surface area contributed by atoms with Crippen LogP contribution in [-0.4, -0.2) is 23.8 Å². The lowest BCUT2D eigenvalue weighted by molar-refractivity contribution is 0.279. The zero-order chi connectivity index (χ0) is 12.5. The first-order valence-corrected chi connectivity index (χ1v) is 6.63. The normalized spacial score (nSPS) is 18.2. The zero-order valence-electron chi connectivity index (χ0n) is 10.7. The first-order valence-electron chi connectivity index (χ1n) is 6.63. The SMILES string of the molecule is COc1cccc2[nH]c3c(c12)C(CCCO)CC3. The fourth-order valence-electron chi connectivity index (χ4n) is 3.20. The van der Waals surface area contributed by atoms with E-state index in [2.05, 4.69) is 11.1 Å². The van der Waals surface area contributed by atoms with Crippen LogP contribution in [0.25, 0.3) is 10.9 Å². The van der Waals surface area contributed by atoms with E-state index in [1.165, 1.54) is 28.6 Å². The van der Waals surface area contributed by atoms with E-state index in [-0.39, 0.29) is 6.61 Å². The fraction of sp³-hybridized carbons (Fsp3) is 0.467. The summed E-state index contributed by atoms with van der Waals surface area (Å²) in [5, 5.41) is 10.3. The number of aryl methyl sites for hydroxylation is 1. The number of nitrogens with one attached hydrogen (secondary N) is 1. The lowest BCUT2D eigenvalue weighted by Gasteiger charge is -2.11. The van der Waals surface area contributed by atoms with Crippen molar-refractivity contribution in [1.82, 2.24) is 4.98 Å². The lowest BCUT2D eigenvalue weighted by atomic mass is 9.95. The highest BCUT2D eigenvalue weighted by molar-refractivity contribution is 5.91. The Bertz CT molecular complexity index is 559. The van der Waals surface area contributed by atoms with Crippen molar-refractivity contribution in [2.75, 3.05) is 13.7 Å². The summed E-state index contributed by atoms with van der Waals surface area (Å²) in [5.74, 6) is 1.53. The van der Waals surface area contributed by atoms with E-state index < -0.39 is 0 Å². The molecule has 2 N–H and O–H groups in total. The molecule has 1 aromatic heterocycles. The maximum absolute atomic E-state index is 9.01. The maximum atomic E-state index is 9.01. The van der Waals surface area contributed by atoms with Gasteiger partial charge in [-0.2, -0.15) is 0 Å². The molecule has 1 aliphatic rings. The van der Waals surface area contributed by atoms with E-state index >= 15 is 0 Å². The van der Waals surface area contributed by atoms with Gasteiger partial charge < -0.3 is 14.8 Å². The van der Waals surface area contributed by atoms with Crippen molar-refractivity contribution in [3.63, 3.8) is 0 Å². The minimum Gasteiger partial charge on any atom is -0.496 e. The monoisotopic (exact) mass is 245 g/mol. The number of rotatable bonds is 4. The Morgan fingerprint density at radius 2 is 2.33 bits per heavy atom. The van der Waals surface area contributed by atoms with E-state index in [9.17, 15) is 0 Å². The molecule has 0 radical (unpaired) electrons. The van der Waals surface area contributed by atoms with E-state index in [4.69, 9.17) is 9.84 Å². The molecule has 1 aromatic carbocycles. The topological polar surface area (TPSA) is 45.2 Å². The van der Waals surface area contributed by atoms with Crippen LogP contribution in [0, 0.1) is 0 Å². The van der Waals surface area contributed by atoms with E-state index in [1.807, 2.05) is 12.1 Å². The number of hydrogen-bond donors (Lipinski definition) is 2. The standard InChI is InChI=1S/C15H19NO2/c1-18-13-6-2-5-11-15(13)14-10(4-3-9-17)7-8-12(14)16-11/h2,5-6,10,16-17H,3-4,7-9H2,1H3. The van der Waals surface area contributed by atoms with Crippen LogP contribution in [0.1, 0.15) is 36.4 Å².